The Morgan fingerprint density at radius 3 is 3.17 bits per heavy atom. The van der Waals surface area contributed by atoms with Gasteiger partial charge in [-0.1, -0.05) is 5.21 Å². The molecule has 2 aliphatic rings. The second-order valence-electron chi connectivity index (χ2n) is 4.90. The highest BCUT2D eigenvalue weighted by Crippen LogP contribution is 2.29. The Morgan fingerprint density at radius 2 is 2.39 bits per heavy atom. The number of aliphatic hydroxyl groups is 1. The third-order valence-electron chi connectivity index (χ3n) is 3.17. The molecular formula is C11H17N3O4. The highest BCUT2D eigenvalue weighted by molar-refractivity contribution is 4.98. The molecule has 0 amide bonds. The summed E-state index contributed by atoms with van der Waals surface area (Å²) in [4.78, 5) is 0. The fraction of sp³-hybridized carbons (Fsp3) is 0.818. The van der Waals surface area contributed by atoms with Crippen molar-refractivity contribution >= 4 is 0 Å². The van der Waals surface area contributed by atoms with Crippen LogP contribution >= 0.6 is 0 Å². The van der Waals surface area contributed by atoms with Gasteiger partial charge in [-0.3, -0.25) is 0 Å². The number of hydrogen-bond acceptors (Lipinski definition) is 6. The summed E-state index contributed by atoms with van der Waals surface area (Å²) in [5.41, 5.74) is 0.890. The zero-order valence-electron chi connectivity index (χ0n) is 10.4. The molecule has 7 heteroatoms. The predicted molar refractivity (Wildman–Crippen MR) is 59.5 cm³/mol. The second kappa shape index (κ2) is 4.58. The van der Waals surface area contributed by atoms with Gasteiger partial charge in [0.25, 0.3) is 0 Å². The van der Waals surface area contributed by atoms with Crippen LogP contribution in [-0.2, 0) is 27.4 Å². The van der Waals surface area contributed by atoms with Crippen LogP contribution < -0.4 is 0 Å². The molecule has 3 rings (SSSR count). The van der Waals surface area contributed by atoms with Gasteiger partial charge in [-0.15, -0.1) is 5.10 Å². The van der Waals surface area contributed by atoms with Gasteiger partial charge in [-0.05, 0) is 13.8 Å². The Labute approximate surface area is 105 Å². The summed E-state index contributed by atoms with van der Waals surface area (Å²) in [6.07, 6.45) is -0.383. The highest BCUT2D eigenvalue weighted by atomic mass is 16.7. The lowest BCUT2D eigenvalue weighted by atomic mass is 10.1. The van der Waals surface area contributed by atoms with Gasteiger partial charge in [-0.2, -0.15) is 0 Å². The number of fused-ring (bicyclic) bond motifs is 2. The summed E-state index contributed by atoms with van der Waals surface area (Å²) >= 11 is 0. The Hall–Kier alpha value is -1.02. The van der Waals surface area contributed by atoms with Gasteiger partial charge in [0.1, 0.15) is 18.3 Å². The average molecular weight is 255 g/mol. The zero-order valence-corrected chi connectivity index (χ0v) is 10.4. The number of rotatable bonds is 2. The summed E-state index contributed by atoms with van der Waals surface area (Å²) in [6.45, 7) is 4.71. The van der Waals surface area contributed by atoms with Crippen molar-refractivity contribution in [1.29, 1.82) is 0 Å². The Balaban J connectivity index is 1.75. The van der Waals surface area contributed by atoms with Crippen molar-refractivity contribution in [3.05, 3.63) is 11.9 Å². The molecule has 1 N–H and O–H groups in total. The smallest absolute Gasteiger partial charge is 0.186 e. The third kappa shape index (κ3) is 2.03. The molecule has 0 aromatic carbocycles. The van der Waals surface area contributed by atoms with Crippen molar-refractivity contribution in [3.8, 4) is 0 Å². The molecule has 7 nitrogen and oxygen atoms in total. The van der Waals surface area contributed by atoms with Gasteiger partial charge >= 0.3 is 0 Å². The first-order valence-corrected chi connectivity index (χ1v) is 6.13. The number of aromatic nitrogens is 3. The van der Waals surface area contributed by atoms with E-state index in [2.05, 4.69) is 10.3 Å². The van der Waals surface area contributed by atoms with E-state index in [-0.39, 0.29) is 18.3 Å². The van der Waals surface area contributed by atoms with Crippen LogP contribution in [-0.4, -0.2) is 50.8 Å². The number of ether oxygens (including phenoxy) is 3. The molecular weight excluding hydrogens is 238 g/mol. The summed E-state index contributed by atoms with van der Waals surface area (Å²) in [7, 11) is 0. The van der Waals surface area contributed by atoms with E-state index >= 15 is 0 Å². The minimum atomic E-state index is -0.769. The lowest BCUT2D eigenvalue weighted by Gasteiger charge is -2.19. The van der Waals surface area contributed by atoms with E-state index in [4.69, 9.17) is 14.2 Å². The molecule has 0 saturated carbocycles. The molecule has 0 aliphatic carbocycles. The topological polar surface area (TPSA) is 78.6 Å². The summed E-state index contributed by atoms with van der Waals surface area (Å²) in [6, 6.07) is 0. The minimum Gasteiger partial charge on any atom is -0.385 e. The monoisotopic (exact) mass is 255 g/mol. The first-order valence-electron chi connectivity index (χ1n) is 6.13. The van der Waals surface area contributed by atoms with E-state index in [9.17, 15) is 5.11 Å². The van der Waals surface area contributed by atoms with Crippen LogP contribution in [0.25, 0.3) is 0 Å². The van der Waals surface area contributed by atoms with Crippen LogP contribution in [0.15, 0.2) is 6.20 Å². The maximum Gasteiger partial charge on any atom is 0.186 e. The van der Waals surface area contributed by atoms with Gasteiger partial charge in [-0.25, -0.2) is 4.68 Å². The van der Waals surface area contributed by atoms with E-state index in [0.29, 0.717) is 13.2 Å². The van der Waals surface area contributed by atoms with Crippen LogP contribution in [0, 0.1) is 0 Å². The molecule has 100 valence electrons. The molecule has 1 fully saturated rings. The van der Waals surface area contributed by atoms with Crippen LogP contribution in [0.5, 0.6) is 0 Å². The van der Waals surface area contributed by atoms with E-state index in [1.165, 1.54) is 0 Å². The van der Waals surface area contributed by atoms with Crippen LogP contribution in [0.2, 0.25) is 0 Å². The standard InChI is InChI=1S/C11H17N3O4/c1-6(2)17-11-9(15)10-8(18-11)4-14-7(5-16-10)3-12-13-14/h3,6,8-11,15H,4-5H2,1-2H3/t8-,9-,10+,11+/m1/s1. The number of hydrogen-bond donors (Lipinski definition) is 1. The lowest BCUT2D eigenvalue weighted by molar-refractivity contribution is -0.185. The highest BCUT2D eigenvalue weighted by Gasteiger charge is 2.47. The molecule has 0 radical (unpaired) electrons. The summed E-state index contributed by atoms with van der Waals surface area (Å²) in [5, 5.41) is 18.0. The molecule has 1 aromatic heterocycles. The predicted octanol–water partition coefficient (Wildman–Crippen LogP) is -0.312. The summed E-state index contributed by atoms with van der Waals surface area (Å²) in [5.74, 6) is 0. The number of aliphatic hydroxyl groups excluding tert-OH is 1. The minimum absolute atomic E-state index is 0.00563. The molecule has 4 atom stereocenters. The number of nitrogens with zero attached hydrogens (tertiary/aromatic N) is 3. The molecule has 1 aromatic rings. The van der Waals surface area contributed by atoms with Gasteiger partial charge in [0, 0.05) is 0 Å². The van der Waals surface area contributed by atoms with Crippen molar-refractivity contribution in [2.75, 3.05) is 0 Å². The molecule has 0 bridgehead atoms. The van der Waals surface area contributed by atoms with E-state index in [1.807, 2.05) is 13.8 Å². The van der Waals surface area contributed by atoms with Crippen molar-refractivity contribution in [2.24, 2.45) is 0 Å². The van der Waals surface area contributed by atoms with Gasteiger partial charge in [0.05, 0.1) is 31.1 Å². The third-order valence-corrected chi connectivity index (χ3v) is 3.17. The van der Waals surface area contributed by atoms with E-state index < -0.39 is 12.4 Å². The van der Waals surface area contributed by atoms with Crippen molar-refractivity contribution < 1.29 is 19.3 Å². The van der Waals surface area contributed by atoms with Crippen molar-refractivity contribution in [2.45, 2.75) is 57.7 Å². The quantitative estimate of drug-likeness (QED) is 0.781. The average Bonchev–Trinajstić information content (AvgIpc) is 2.80. The normalized spacial score (nSPS) is 35.3. The summed E-state index contributed by atoms with van der Waals surface area (Å²) < 4.78 is 18.7. The second-order valence-corrected chi connectivity index (χ2v) is 4.90. The van der Waals surface area contributed by atoms with Crippen LogP contribution in [0.3, 0.4) is 0 Å². The molecule has 2 aliphatic heterocycles. The zero-order chi connectivity index (χ0) is 12.7. The van der Waals surface area contributed by atoms with Gasteiger partial charge in [0.2, 0.25) is 0 Å². The van der Waals surface area contributed by atoms with Crippen molar-refractivity contribution in [1.82, 2.24) is 15.0 Å². The first kappa shape index (κ1) is 12.0. The maximum absolute atomic E-state index is 10.2. The Bertz CT molecular complexity index is 422. The van der Waals surface area contributed by atoms with E-state index in [0.717, 1.165) is 5.69 Å². The lowest BCUT2D eigenvalue weighted by Crippen LogP contribution is -2.36. The van der Waals surface area contributed by atoms with Gasteiger partial charge in [0.15, 0.2) is 6.29 Å². The van der Waals surface area contributed by atoms with Gasteiger partial charge < -0.3 is 19.3 Å². The van der Waals surface area contributed by atoms with E-state index in [1.54, 1.807) is 10.9 Å². The van der Waals surface area contributed by atoms with Crippen molar-refractivity contribution in [3.63, 3.8) is 0 Å². The van der Waals surface area contributed by atoms with Crippen LogP contribution in [0.4, 0.5) is 0 Å². The molecule has 1 saturated heterocycles. The Morgan fingerprint density at radius 1 is 1.56 bits per heavy atom. The molecule has 3 heterocycles. The molecule has 0 spiro atoms. The largest absolute Gasteiger partial charge is 0.385 e. The molecule has 0 unspecified atom stereocenters. The first-order chi connectivity index (χ1) is 8.65. The fourth-order valence-electron chi connectivity index (χ4n) is 2.34. The van der Waals surface area contributed by atoms with Crippen LogP contribution in [0.1, 0.15) is 19.5 Å². The SMILES string of the molecule is CC(C)O[C@H]1O[C@@H]2Cn3nncc3CO[C@@H]2[C@H]1O. The Kier molecular flexibility index (Phi) is 3.06. The fourth-order valence-corrected chi connectivity index (χ4v) is 2.34. The maximum atomic E-state index is 10.2. The molecule has 18 heavy (non-hydrogen) atoms.